The third-order valence-electron chi connectivity index (χ3n) is 2.72. The summed E-state index contributed by atoms with van der Waals surface area (Å²) < 4.78 is 5.16. The van der Waals surface area contributed by atoms with E-state index in [9.17, 15) is 9.59 Å². The smallest absolute Gasteiger partial charge is 0.408 e. The van der Waals surface area contributed by atoms with Crippen LogP contribution >= 0.6 is 0 Å². The number of nitrogens with one attached hydrogen (secondary N) is 1. The molecule has 1 unspecified atom stereocenters. The maximum Gasteiger partial charge on any atom is 0.408 e. The number of carbonyl (C=O) groups is 2. The van der Waals surface area contributed by atoms with Crippen LogP contribution < -0.4 is 11.1 Å². The van der Waals surface area contributed by atoms with Gasteiger partial charge in [0.1, 0.15) is 11.1 Å². The molecule has 0 aliphatic carbocycles. The first-order valence-electron chi connectivity index (χ1n) is 6.47. The van der Waals surface area contributed by atoms with Crippen molar-refractivity contribution in [2.45, 2.75) is 45.3 Å². The summed E-state index contributed by atoms with van der Waals surface area (Å²) >= 11 is 0. The van der Waals surface area contributed by atoms with E-state index in [1.165, 1.54) is 0 Å². The van der Waals surface area contributed by atoms with Crippen LogP contribution in [0.15, 0.2) is 30.3 Å². The number of primary amides is 1. The summed E-state index contributed by atoms with van der Waals surface area (Å²) in [6.07, 6.45) is -0.350. The van der Waals surface area contributed by atoms with Crippen molar-refractivity contribution in [3.05, 3.63) is 35.9 Å². The molecule has 110 valence electrons. The zero-order chi connectivity index (χ0) is 15.4. The fourth-order valence-corrected chi connectivity index (χ4v) is 1.73. The summed E-state index contributed by atoms with van der Waals surface area (Å²) in [6.45, 7) is 6.86. The highest BCUT2D eigenvalue weighted by atomic mass is 16.6. The minimum atomic E-state index is -1.19. The lowest BCUT2D eigenvalue weighted by Gasteiger charge is -2.29. The number of carbonyl (C=O) groups excluding carboxylic acids is 2. The lowest BCUT2D eigenvalue weighted by Crippen LogP contribution is -2.57. The van der Waals surface area contributed by atoms with Gasteiger partial charge in [0.25, 0.3) is 0 Å². The van der Waals surface area contributed by atoms with E-state index >= 15 is 0 Å². The van der Waals surface area contributed by atoms with Crippen LogP contribution in [0.25, 0.3) is 0 Å². The van der Waals surface area contributed by atoms with E-state index in [1.807, 2.05) is 30.3 Å². The first kappa shape index (κ1) is 16.0. The minimum Gasteiger partial charge on any atom is -0.444 e. The highest BCUT2D eigenvalue weighted by Crippen LogP contribution is 2.15. The second-order valence-electron chi connectivity index (χ2n) is 5.99. The van der Waals surface area contributed by atoms with Gasteiger partial charge in [-0.05, 0) is 33.3 Å². The molecule has 0 bridgehead atoms. The lowest BCUT2D eigenvalue weighted by molar-refractivity contribution is -0.123. The fraction of sp³-hybridized carbons (Fsp3) is 0.467. The SMILES string of the molecule is CC(C)(C)OC(=O)NC(C)(Cc1ccccc1)C(N)=O. The molecule has 5 nitrogen and oxygen atoms in total. The van der Waals surface area contributed by atoms with Gasteiger partial charge in [-0.3, -0.25) is 4.79 Å². The maximum atomic E-state index is 11.8. The summed E-state index contributed by atoms with van der Waals surface area (Å²) in [7, 11) is 0. The Morgan fingerprint density at radius 2 is 1.70 bits per heavy atom. The van der Waals surface area contributed by atoms with E-state index in [2.05, 4.69) is 5.32 Å². The fourth-order valence-electron chi connectivity index (χ4n) is 1.73. The van der Waals surface area contributed by atoms with E-state index < -0.39 is 23.1 Å². The lowest BCUT2D eigenvalue weighted by atomic mass is 9.92. The maximum absolute atomic E-state index is 11.8. The molecule has 1 atom stereocenters. The van der Waals surface area contributed by atoms with Crippen molar-refractivity contribution in [1.82, 2.24) is 5.32 Å². The molecule has 0 spiro atoms. The minimum absolute atomic E-state index is 0.308. The highest BCUT2D eigenvalue weighted by Gasteiger charge is 2.34. The molecule has 0 saturated heterocycles. The first-order chi connectivity index (χ1) is 9.12. The Kier molecular flexibility index (Phi) is 4.76. The number of hydrogen-bond acceptors (Lipinski definition) is 3. The van der Waals surface area contributed by atoms with Gasteiger partial charge in [-0.15, -0.1) is 0 Å². The quantitative estimate of drug-likeness (QED) is 0.883. The molecule has 0 aliphatic rings. The van der Waals surface area contributed by atoms with Crippen molar-refractivity contribution in [3.63, 3.8) is 0 Å². The molecule has 1 aromatic carbocycles. The summed E-state index contributed by atoms with van der Waals surface area (Å²) in [6, 6.07) is 9.36. The summed E-state index contributed by atoms with van der Waals surface area (Å²) in [5.74, 6) is -0.604. The Morgan fingerprint density at radius 1 is 1.15 bits per heavy atom. The number of ether oxygens (including phenoxy) is 1. The van der Waals surface area contributed by atoms with Crippen molar-refractivity contribution in [3.8, 4) is 0 Å². The van der Waals surface area contributed by atoms with Crippen molar-refractivity contribution >= 4 is 12.0 Å². The van der Waals surface area contributed by atoms with E-state index in [0.717, 1.165) is 5.56 Å². The van der Waals surface area contributed by atoms with Crippen LogP contribution in [-0.4, -0.2) is 23.1 Å². The van der Waals surface area contributed by atoms with Crippen molar-refractivity contribution in [2.24, 2.45) is 5.73 Å². The Labute approximate surface area is 119 Å². The number of rotatable bonds is 4. The average molecular weight is 278 g/mol. The Hall–Kier alpha value is -2.04. The predicted molar refractivity (Wildman–Crippen MR) is 77.1 cm³/mol. The van der Waals surface area contributed by atoms with Gasteiger partial charge in [0, 0.05) is 6.42 Å². The number of hydrogen-bond donors (Lipinski definition) is 2. The zero-order valence-electron chi connectivity index (χ0n) is 12.4. The van der Waals surface area contributed by atoms with Crippen LogP contribution in [0, 0.1) is 0 Å². The van der Waals surface area contributed by atoms with Gasteiger partial charge in [0.2, 0.25) is 5.91 Å². The second-order valence-corrected chi connectivity index (χ2v) is 5.99. The molecule has 0 fully saturated rings. The average Bonchev–Trinajstić information content (AvgIpc) is 2.26. The van der Waals surface area contributed by atoms with Crippen LogP contribution in [0.1, 0.15) is 33.3 Å². The standard InChI is InChI=1S/C15H22N2O3/c1-14(2,3)20-13(19)17-15(4,12(16)18)10-11-8-6-5-7-9-11/h5-9H,10H2,1-4H3,(H2,16,18)(H,17,19). The normalized spacial score (nSPS) is 14.2. The van der Waals surface area contributed by atoms with Crippen LogP contribution in [0.2, 0.25) is 0 Å². The number of alkyl carbamates (subject to hydrolysis) is 1. The molecule has 0 heterocycles. The molecule has 20 heavy (non-hydrogen) atoms. The van der Waals surface area contributed by atoms with Gasteiger partial charge in [-0.25, -0.2) is 4.79 Å². The topological polar surface area (TPSA) is 81.4 Å². The molecule has 2 amide bonds. The third-order valence-corrected chi connectivity index (χ3v) is 2.72. The zero-order valence-corrected chi connectivity index (χ0v) is 12.4. The Bertz CT molecular complexity index is 480. The highest BCUT2D eigenvalue weighted by molar-refractivity contribution is 5.88. The molecule has 3 N–H and O–H groups in total. The van der Waals surface area contributed by atoms with E-state index in [-0.39, 0.29) is 0 Å². The van der Waals surface area contributed by atoms with Crippen LogP contribution in [0.4, 0.5) is 4.79 Å². The van der Waals surface area contributed by atoms with Crippen LogP contribution in [0.5, 0.6) is 0 Å². The molecule has 0 aliphatic heterocycles. The number of amides is 2. The van der Waals surface area contributed by atoms with Crippen molar-refractivity contribution < 1.29 is 14.3 Å². The van der Waals surface area contributed by atoms with Crippen LogP contribution in [0.3, 0.4) is 0 Å². The first-order valence-corrected chi connectivity index (χ1v) is 6.47. The van der Waals surface area contributed by atoms with Gasteiger partial charge in [-0.2, -0.15) is 0 Å². The second kappa shape index (κ2) is 5.94. The number of nitrogens with two attached hydrogens (primary N) is 1. The van der Waals surface area contributed by atoms with E-state index in [1.54, 1.807) is 27.7 Å². The Balaban J connectivity index is 2.82. The number of benzene rings is 1. The van der Waals surface area contributed by atoms with Gasteiger partial charge in [0.15, 0.2) is 0 Å². The molecule has 0 radical (unpaired) electrons. The van der Waals surface area contributed by atoms with Gasteiger partial charge in [0.05, 0.1) is 0 Å². The van der Waals surface area contributed by atoms with Crippen LogP contribution in [-0.2, 0) is 16.0 Å². The third kappa shape index (κ3) is 4.91. The molecule has 5 heteroatoms. The summed E-state index contributed by atoms with van der Waals surface area (Å²) in [5, 5.41) is 2.56. The molecular weight excluding hydrogens is 256 g/mol. The predicted octanol–water partition coefficient (Wildman–Crippen LogP) is 2.00. The van der Waals surface area contributed by atoms with Gasteiger partial charge in [-0.1, -0.05) is 30.3 Å². The molecule has 0 saturated carbocycles. The van der Waals surface area contributed by atoms with Gasteiger partial charge < -0.3 is 15.8 Å². The summed E-state index contributed by atoms with van der Waals surface area (Å²) in [4.78, 5) is 23.5. The van der Waals surface area contributed by atoms with Crippen molar-refractivity contribution in [1.29, 1.82) is 0 Å². The van der Waals surface area contributed by atoms with Crippen molar-refractivity contribution in [2.75, 3.05) is 0 Å². The monoisotopic (exact) mass is 278 g/mol. The largest absolute Gasteiger partial charge is 0.444 e. The van der Waals surface area contributed by atoms with Gasteiger partial charge >= 0.3 is 6.09 Å². The molecule has 0 aromatic heterocycles. The molecule has 1 aromatic rings. The van der Waals surface area contributed by atoms with E-state index in [4.69, 9.17) is 10.5 Å². The molecule has 1 rings (SSSR count). The molecular formula is C15H22N2O3. The summed E-state index contributed by atoms with van der Waals surface area (Å²) in [5.41, 5.74) is 4.51. The Morgan fingerprint density at radius 3 is 2.15 bits per heavy atom. The van der Waals surface area contributed by atoms with E-state index in [0.29, 0.717) is 6.42 Å².